The van der Waals surface area contributed by atoms with Crippen LogP contribution in [0.3, 0.4) is 0 Å². The van der Waals surface area contributed by atoms with Crippen molar-refractivity contribution in [3.8, 4) is 5.75 Å². The molecule has 1 unspecified atom stereocenters. The lowest BCUT2D eigenvalue weighted by molar-refractivity contribution is 0.0929. The predicted molar refractivity (Wildman–Crippen MR) is 69.6 cm³/mol. The number of hydrogen-bond donors (Lipinski definition) is 1. The molecule has 0 aliphatic carbocycles. The number of ketones is 1. The Morgan fingerprint density at radius 2 is 1.94 bits per heavy atom. The summed E-state index contributed by atoms with van der Waals surface area (Å²) in [5.41, 5.74) is 0.749. The average molecular weight is 235 g/mol. The van der Waals surface area contributed by atoms with Crippen molar-refractivity contribution in [2.45, 2.75) is 20.8 Å². The molecular formula is C14H21NO2. The number of hydrogen-bond acceptors (Lipinski definition) is 3. The van der Waals surface area contributed by atoms with Crippen LogP contribution in [0.2, 0.25) is 0 Å². The van der Waals surface area contributed by atoms with Crippen LogP contribution in [-0.4, -0.2) is 25.5 Å². The zero-order chi connectivity index (χ0) is 12.7. The molecule has 0 radical (unpaired) electrons. The molecule has 0 aliphatic heterocycles. The molecule has 1 aromatic rings. The first-order valence-corrected chi connectivity index (χ1v) is 6.16. The summed E-state index contributed by atoms with van der Waals surface area (Å²) >= 11 is 0. The molecule has 0 aliphatic rings. The van der Waals surface area contributed by atoms with Gasteiger partial charge in [0.15, 0.2) is 5.78 Å². The van der Waals surface area contributed by atoms with E-state index in [0.29, 0.717) is 6.61 Å². The van der Waals surface area contributed by atoms with E-state index in [2.05, 4.69) is 5.32 Å². The third-order valence-corrected chi connectivity index (χ3v) is 2.60. The molecule has 94 valence electrons. The molecule has 3 heteroatoms. The molecule has 0 fully saturated rings. The Kier molecular flexibility index (Phi) is 5.70. The first-order chi connectivity index (χ1) is 8.19. The highest BCUT2D eigenvalue weighted by Crippen LogP contribution is 2.15. The van der Waals surface area contributed by atoms with E-state index >= 15 is 0 Å². The molecule has 3 nitrogen and oxygen atoms in total. The lowest BCUT2D eigenvalue weighted by Gasteiger charge is -2.11. The van der Waals surface area contributed by atoms with Crippen molar-refractivity contribution >= 4 is 5.78 Å². The molecule has 17 heavy (non-hydrogen) atoms. The van der Waals surface area contributed by atoms with E-state index in [9.17, 15) is 4.79 Å². The van der Waals surface area contributed by atoms with Crippen LogP contribution in [0.15, 0.2) is 24.3 Å². The summed E-state index contributed by atoms with van der Waals surface area (Å²) < 4.78 is 5.34. The molecule has 1 aromatic carbocycles. The maximum atomic E-state index is 12.0. The van der Waals surface area contributed by atoms with Crippen LogP contribution in [-0.2, 0) is 0 Å². The summed E-state index contributed by atoms with van der Waals surface area (Å²) in [6.07, 6.45) is 0. The zero-order valence-corrected chi connectivity index (χ0v) is 10.8. The Hall–Kier alpha value is -1.35. The van der Waals surface area contributed by atoms with E-state index in [1.54, 1.807) is 0 Å². The average Bonchev–Trinajstić information content (AvgIpc) is 2.36. The van der Waals surface area contributed by atoms with Gasteiger partial charge in [0.1, 0.15) is 5.75 Å². The molecule has 0 saturated carbocycles. The molecule has 1 atom stereocenters. The van der Waals surface area contributed by atoms with Gasteiger partial charge in [-0.15, -0.1) is 0 Å². The topological polar surface area (TPSA) is 38.3 Å². The Bertz CT molecular complexity index is 346. The Labute approximate surface area is 103 Å². The summed E-state index contributed by atoms with van der Waals surface area (Å²) in [7, 11) is 0. The molecule has 1 N–H and O–H groups in total. The van der Waals surface area contributed by atoms with Crippen molar-refractivity contribution < 1.29 is 9.53 Å². The summed E-state index contributed by atoms with van der Waals surface area (Å²) in [6, 6.07) is 7.35. The lowest BCUT2D eigenvalue weighted by atomic mass is 9.99. The predicted octanol–water partition coefficient (Wildman–Crippen LogP) is 2.51. The van der Waals surface area contributed by atoms with Gasteiger partial charge in [0, 0.05) is 18.0 Å². The Morgan fingerprint density at radius 1 is 1.29 bits per heavy atom. The third-order valence-electron chi connectivity index (χ3n) is 2.60. The summed E-state index contributed by atoms with van der Waals surface area (Å²) in [4.78, 5) is 12.0. The number of carbonyl (C=O) groups is 1. The van der Waals surface area contributed by atoms with Crippen molar-refractivity contribution in [1.29, 1.82) is 0 Å². The normalized spacial score (nSPS) is 12.2. The van der Waals surface area contributed by atoms with Gasteiger partial charge in [-0.2, -0.15) is 0 Å². The summed E-state index contributed by atoms with van der Waals surface area (Å²) in [5.74, 6) is 0.991. The maximum absolute atomic E-state index is 12.0. The van der Waals surface area contributed by atoms with E-state index in [1.165, 1.54) is 0 Å². The van der Waals surface area contributed by atoms with Crippen molar-refractivity contribution in [3.05, 3.63) is 29.8 Å². The Balaban J connectivity index is 2.62. The quantitative estimate of drug-likeness (QED) is 0.738. The fourth-order valence-electron chi connectivity index (χ4n) is 1.62. The van der Waals surface area contributed by atoms with Crippen LogP contribution >= 0.6 is 0 Å². The van der Waals surface area contributed by atoms with Crippen molar-refractivity contribution in [3.63, 3.8) is 0 Å². The number of Topliss-reactive ketones (excluding diaryl/α,β-unsaturated/α-hetero) is 1. The second kappa shape index (κ2) is 7.07. The van der Waals surface area contributed by atoms with Gasteiger partial charge in [-0.1, -0.05) is 13.8 Å². The number of benzene rings is 1. The van der Waals surface area contributed by atoms with Gasteiger partial charge in [0.25, 0.3) is 0 Å². The van der Waals surface area contributed by atoms with Crippen LogP contribution in [0, 0.1) is 5.92 Å². The van der Waals surface area contributed by atoms with Crippen molar-refractivity contribution in [2.75, 3.05) is 19.7 Å². The summed E-state index contributed by atoms with van der Waals surface area (Å²) in [5, 5.41) is 3.18. The van der Waals surface area contributed by atoms with Gasteiger partial charge in [-0.25, -0.2) is 0 Å². The lowest BCUT2D eigenvalue weighted by Crippen LogP contribution is -2.26. The molecule has 0 bridgehead atoms. The van der Waals surface area contributed by atoms with E-state index in [-0.39, 0.29) is 11.7 Å². The number of carbonyl (C=O) groups excluding carboxylic acids is 1. The minimum Gasteiger partial charge on any atom is -0.494 e. The minimum atomic E-state index is 0.00731. The van der Waals surface area contributed by atoms with Crippen molar-refractivity contribution in [1.82, 2.24) is 5.32 Å². The Morgan fingerprint density at radius 3 is 2.47 bits per heavy atom. The minimum absolute atomic E-state index is 0.00731. The zero-order valence-electron chi connectivity index (χ0n) is 10.8. The SMILES string of the molecule is CCNCC(C)C(=O)c1ccc(OCC)cc1. The third kappa shape index (κ3) is 4.19. The molecule has 0 aromatic heterocycles. The van der Waals surface area contributed by atoms with Crippen LogP contribution in [0.25, 0.3) is 0 Å². The molecule has 0 heterocycles. The van der Waals surface area contributed by atoms with Gasteiger partial charge >= 0.3 is 0 Å². The van der Waals surface area contributed by atoms with Gasteiger partial charge in [0.05, 0.1) is 6.61 Å². The highest BCUT2D eigenvalue weighted by atomic mass is 16.5. The highest BCUT2D eigenvalue weighted by Gasteiger charge is 2.14. The fraction of sp³-hybridized carbons (Fsp3) is 0.500. The number of rotatable bonds is 7. The van der Waals surface area contributed by atoms with Crippen LogP contribution < -0.4 is 10.1 Å². The molecule has 0 spiro atoms. The molecule has 1 rings (SSSR count). The van der Waals surface area contributed by atoms with Crippen LogP contribution in [0.1, 0.15) is 31.1 Å². The molecule has 0 amide bonds. The van der Waals surface area contributed by atoms with E-state index in [4.69, 9.17) is 4.74 Å². The smallest absolute Gasteiger partial charge is 0.166 e. The van der Waals surface area contributed by atoms with Gasteiger partial charge in [-0.3, -0.25) is 4.79 Å². The van der Waals surface area contributed by atoms with E-state index in [1.807, 2.05) is 45.0 Å². The van der Waals surface area contributed by atoms with E-state index < -0.39 is 0 Å². The highest BCUT2D eigenvalue weighted by molar-refractivity contribution is 5.97. The van der Waals surface area contributed by atoms with E-state index in [0.717, 1.165) is 24.4 Å². The van der Waals surface area contributed by atoms with Crippen LogP contribution in [0.5, 0.6) is 5.75 Å². The van der Waals surface area contributed by atoms with Gasteiger partial charge < -0.3 is 10.1 Å². The first-order valence-electron chi connectivity index (χ1n) is 6.16. The maximum Gasteiger partial charge on any atom is 0.166 e. The summed E-state index contributed by atoms with van der Waals surface area (Å²) in [6.45, 7) is 8.18. The number of nitrogens with one attached hydrogen (secondary N) is 1. The fourth-order valence-corrected chi connectivity index (χ4v) is 1.62. The molecule has 0 saturated heterocycles. The van der Waals surface area contributed by atoms with Crippen LogP contribution in [0.4, 0.5) is 0 Å². The molecular weight excluding hydrogens is 214 g/mol. The second-order valence-electron chi connectivity index (χ2n) is 4.03. The van der Waals surface area contributed by atoms with Crippen molar-refractivity contribution in [2.24, 2.45) is 5.92 Å². The standard InChI is InChI=1S/C14H21NO2/c1-4-15-10-11(3)14(16)12-6-8-13(9-7-12)17-5-2/h6-9,11,15H,4-5,10H2,1-3H3. The second-order valence-corrected chi connectivity index (χ2v) is 4.03. The monoisotopic (exact) mass is 235 g/mol. The first kappa shape index (κ1) is 13.7. The van der Waals surface area contributed by atoms with Gasteiger partial charge in [-0.05, 0) is 37.7 Å². The largest absolute Gasteiger partial charge is 0.494 e. The van der Waals surface area contributed by atoms with Gasteiger partial charge in [0.2, 0.25) is 0 Å². The number of ether oxygens (including phenoxy) is 1.